The van der Waals surface area contributed by atoms with Gasteiger partial charge in [-0.25, -0.2) is 0 Å². The van der Waals surface area contributed by atoms with Crippen molar-refractivity contribution < 1.29 is 9.66 Å². The van der Waals surface area contributed by atoms with Crippen LogP contribution in [0.25, 0.3) is 0 Å². The molecule has 0 heterocycles. The first kappa shape index (κ1) is 16.5. The lowest BCUT2D eigenvalue weighted by atomic mass is 10.3. The van der Waals surface area contributed by atoms with Crippen LogP contribution in [0, 0.1) is 10.1 Å². The molecule has 0 saturated carbocycles. The lowest BCUT2D eigenvalue weighted by Gasteiger charge is -2.12. The van der Waals surface area contributed by atoms with Gasteiger partial charge in [0.1, 0.15) is 5.75 Å². The number of thiocarbonyl (C=S) groups is 1. The number of nitro benzene ring substituents is 1. The molecule has 2 aromatic carbocycles. The van der Waals surface area contributed by atoms with E-state index in [9.17, 15) is 10.1 Å². The van der Waals surface area contributed by atoms with Crippen LogP contribution < -0.4 is 20.9 Å². The number of rotatable bonds is 6. The van der Waals surface area contributed by atoms with E-state index in [-0.39, 0.29) is 5.69 Å². The molecular weight excluding hydrogens is 316 g/mol. The van der Waals surface area contributed by atoms with E-state index in [4.69, 9.17) is 17.0 Å². The Morgan fingerprint density at radius 2 is 1.96 bits per heavy atom. The van der Waals surface area contributed by atoms with Gasteiger partial charge in [0.25, 0.3) is 5.69 Å². The lowest BCUT2D eigenvalue weighted by molar-refractivity contribution is -0.384. The van der Waals surface area contributed by atoms with Gasteiger partial charge in [0.05, 0.1) is 17.2 Å². The van der Waals surface area contributed by atoms with Crippen LogP contribution >= 0.6 is 12.2 Å². The molecule has 0 aliphatic rings. The van der Waals surface area contributed by atoms with Gasteiger partial charge in [0.2, 0.25) is 0 Å². The average Bonchev–Trinajstić information content (AvgIpc) is 2.55. The van der Waals surface area contributed by atoms with Crippen LogP contribution in [0.2, 0.25) is 0 Å². The molecule has 3 N–H and O–H groups in total. The minimum Gasteiger partial charge on any atom is -0.494 e. The number of benzene rings is 2. The molecule has 2 rings (SSSR count). The summed E-state index contributed by atoms with van der Waals surface area (Å²) in [5, 5.41) is 14.0. The van der Waals surface area contributed by atoms with E-state index in [1.807, 2.05) is 31.2 Å². The molecule has 8 heteroatoms. The van der Waals surface area contributed by atoms with Crippen LogP contribution in [-0.2, 0) is 0 Å². The van der Waals surface area contributed by atoms with Crippen molar-refractivity contribution in [2.24, 2.45) is 0 Å². The zero-order valence-electron chi connectivity index (χ0n) is 12.4. The van der Waals surface area contributed by atoms with Crippen LogP contribution in [-0.4, -0.2) is 16.6 Å². The number of non-ortho nitro benzene ring substituents is 1. The highest BCUT2D eigenvalue weighted by molar-refractivity contribution is 7.80. The van der Waals surface area contributed by atoms with Crippen molar-refractivity contribution in [3.63, 3.8) is 0 Å². The Balaban J connectivity index is 1.87. The number of nitro groups is 1. The molecule has 0 fully saturated rings. The smallest absolute Gasteiger partial charge is 0.271 e. The fraction of sp³-hybridized carbons (Fsp3) is 0.133. The Hall–Kier alpha value is -2.87. The summed E-state index contributed by atoms with van der Waals surface area (Å²) in [5.74, 6) is 0.784. The summed E-state index contributed by atoms with van der Waals surface area (Å²) in [5.41, 5.74) is 6.92. The molecule has 0 bridgehead atoms. The van der Waals surface area contributed by atoms with Crippen molar-refractivity contribution in [1.29, 1.82) is 0 Å². The van der Waals surface area contributed by atoms with Gasteiger partial charge in [-0.05, 0) is 49.5 Å². The van der Waals surface area contributed by atoms with Gasteiger partial charge >= 0.3 is 0 Å². The Morgan fingerprint density at radius 3 is 2.61 bits per heavy atom. The van der Waals surface area contributed by atoms with Gasteiger partial charge in [-0.2, -0.15) is 0 Å². The molecule has 0 atom stereocenters. The molecular formula is C15H16N4O3S. The van der Waals surface area contributed by atoms with Gasteiger partial charge < -0.3 is 10.1 Å². The largest absolute Gasteiger partial charge is 0.494 e. The van der Waals surface area contributed by atoms with Gasteiger partial charge in [0, 0.05) is 17.8 Å². The Kier molecular flexibility index (Phi) is 5.70. The second-order valence-corrected chi connectivity index (χ2v) is 4.88. The van der Waals surface area contributed by atoms with Gasteiger partial charge in [-0.1, -0.05) is 6.07 Å². The van der Waals surface area contributed by atoms with Crippen molar-refractivity contribution in [2.45, 2.75) is 6.92 Å². The zero-order chi connectivity index (χ0) is 16.7. The number of hydrogen-bond acceptors (Lipinski definition) is 5. The normalized spacial score (nSPS) is 9.78. The monoisotopic (exact) mass is 332 g/mol. The van der Waals surface area contributed by atoms with Gasteiger partial charge in [-0.15, -0.1) is 0 Å². The number of hydrazine groups is 1. The Morgan fingerprint density at radius 1 is 1.22 bits per heavy atom. The number of hydrogen-bond donors (Lipinski definition) is 3. The van der Waals surface area contributed by atoms with Crippen molar-refractivity contribution in [3.05, 3.63) is 58.6 Å². The summed E-state index contributed by atoms with van der Waals surface area (Å²) in [6, 6.07) is 13.5. The van der Waals surface area contributed by atoms with Crippen LogP contribution in [0.3, 0.4) is 0 Å². The van der Waals surface area contributed by atoms with E-state index in [2.05, 4.69) is 16.2 Å². The second kappa shape index (κ2) is 7.95. The quantitative estimate of drug-likeness (QED) is 0.425. The first-order valence-electron chi connectivity index (χ1n) is 6.89. The maximum Gasteiger partial charge on any atom is 0.271 e. The van der Waals surface area contributed by atoms with E-state index in [0.717, 1.165) is 11.4 Å². The number of nitrogens with one attached hydrogen (secondary N) is 3. The minimum atomic E-state index is -0.457. The molecule has 0 saturated heterocycles. The van der Waals surface area contributed by atoms with Crippen LogP contribution in [0.5, 0.6) is 5.75 Å². The second-order valence-electron chi connectivity index (χ2n) is 4.47. The molecule has 7 nitrogen and oxygen atoms in total. The molecule has 0 amide bonds. The van der Waals surface area contributed by atoms with Crippen LogP contribution in [0.4, 0.5) is 17.1 Å². The number of ether oxygens (including phenoxy) is 1. The first-order valence-corrected chi connectivity index (χ1v) is 7.29. The number of anilines is 2. The van der Waals surface area contributed by atoms with E-state index in [0.29, 0.717) is 17.4 Å². The lowest BCUT2D eigenvalue weighted by Crippen LogP contribution is -2.33. The van der Waals surface area contributed by atoms with E-state index in [1.54, 1.807) is 12.1 Å². The van der Waals surface area contributed by atoms with E-state index >= 15 is 0 Å². The highest BCUT2D eigenvalue weighted by atomic mass is 32.1. The molecule has 0 aliphatic heterocycles. The van der Waals surface area contributed by atoms with Crippen LogP contribution in [0.1, 0.15) is 6.92 Å². The Bertz CT molecular complexity index is 691. The molecule has 0 spiro atoms. The molecule has 0 radical (unpaired) electrons. The van der Waals surface area contributed by atoms with E-state index in [1.165, 1.54) is 12.1 Å². The van der Waals surface area contributed by atoms with E-state index < -0.39 is 4.92 Å². The zero-order valence-corrected chi connectivity index (χ0v) is 13.2. The summed E-state index contributed by atoms with van der Waals surface area (Å²) < 4.78 is 5.36. The fourth-order valence-electron chi connectivity index (χ4n) is 1.79. The predicted molar refractivity (Wildman–Crippen MR) is 93.7 cm³/mol. The van der Waals surface area contributed by atoms with Crippen molar-refractivity contribution in [3.8, 4) is 5.75 Å². The SMILES string of the molecule is CCOc1ccc(NC(=S)NNc2cccc([N+](=O)[O-])c2)cc1. The fourth-order valence-corrected chi connectivity index (χ4v) is 1.96. The van der Waals surface area contributed by atoms with Gasteiger partial charge in [-0.3, -0.25) is 21.0 Å². The topological polar surface area (TPSA) is 88.5 Å². The van der Waals surface area contributed by atoms with Crippen LogP contribution in [0.15, 0.2) is 48.5 Å². The summed E-state index contributed by atoms with van der Waals surface area (Å²) in [7, 11) is 0. The van der Waals surface area contributed by atoms with Crippen molar-refractivity contribution >= 4 is 34.4 Å². The third-order valence-corrected chi connectivity index (χ3v) is 3.00. The average molecular weight is 332 g/mol. The maximum absolute atomic E-state index is 10.7. The van der Waals surface area contributed by atoms with Gasteiger partial charge in [0.15, 0.2) is 5.11 Å². The highest BCUT2D eigenvalue weighted by Crippen LogP contribution is 2.17. The summed E-state index contributed by atoms with van der Waals surface area (Å²) in [6.45, 7) is 2.53. The molecule has 23 heavy (non-hydrogen) atoms. The minimum absolute atomic E-state index is 0.00203. The molecule has 120 valence electrons. The summed E-state index contributed by atoms with van der Waals surface area (Å²) in [6.07, 6.45) is 0. The molecule has 0 aliphatic carbocycles. The molecule has 0 aromatic heterocycles. The maximum atomic E-state index is 10.7. The third kappa shape index (κ3) is 5.11. The van der Waals surface area contributed by atoms with Crippen molar-refractivity contribution in [2.75, 3.05) is 17.3 Å². The highest BCUT2D eigenvalue weighted by Gasteiger charge is 2.05. The Labute approximate surface area is 138 Å². The number of nitrogens with zero attached hydrogens (tertiary/aromatic N) is 1. The summed E-state index contributed by atoms with van der Waals surface area (Å²) >= 11 is 5.15. The third-order valence-electron chi connectivity index (χ3n) is 2.80. The first-order chi connectivity index (χ1) is 11.1. The standard InChI is InChI=1S/C15H16N4O3S/c1-2-22-14-8-6-11(7-9-14)16-15(23)18-17-12-4-3-5-13(10-12)19(20)21/h3-10,17H,2H2,1H3,(H2,16,18,23). The van der Waals surface area contributed by atoms with Crippen molar-refractivity contribution in [1.82, 2.24) is 5.43 Å². The predicted octanol–water partition coefficient (Wildman–Crippen LogP) is 3.31. The molecule has 0 unspecified atom stereocenters. The molecule has 2 aromatic rings. The summed E-state index contributed by atoms with van der Waals surface area (Å²) in [4.78, 5) is 10.3.